The van der Waals surface area contributed by atoms with Crippen LogP contribution in [0.1, 0.15) is 52.0 Å². The Labute approximate surface area is 292 Å². The zero-order chi connectivity index (χ0) is 38.4. The Hall–Kier alpha value is -5.56. The molecule has 280 valence electrons. The zero-order valence-electron chi connectivity index (χ0n) is 28.4. The summed E-state index contributed by atoms with van der Waals surface area (Å²) < 4.78 is 0. The molecule has 51 heavy (non-hydrogen) atoms. The highest BCUT2D eigenvalue weighted by Crippen LogP contribution is 2.19. The van der Waals surface area contributed by atoms with Gasteiger partial charge < -0.3 is 58.4 Å². The molecule has 0 spiro atoms. The summed E-state index contributed by atoms with van der Waals surface area (Å²) in [7, 11) is 0. The number of aliphatic carboxylic acids is 2. The van der Waals surface area contributed by atoms with Crippen molar-refractivity contribution in [2.75, 3.05) is 6.61 Å². The molecular formula is C32H46N8O11. The molecule has 0 aliphatic heterocycles. The number of aliphatic hydroxyl groups is 1. The van der Waals surface area contributed by atoms with E-state index in [1.807, 2.05) is 0 Å². The molecule has 1 aromatic carbocycles. The van der Waals surface area contributed by atoms with Crippen LogP contribution in [-0.2, 0) is 44.8 Å². The number of aliphatic hydroxyl groups excluding tert-OH is 1. The van der Waals surface area contributed by atoms with E-state index in [1.165, 1.54) is 6.92 Å². The molecule has 19 heteroatoms. The van der Waals surface area contributed by atoms with Gasteiger partial charge in [-0.1, -0.05) is 38.5 Å². The summed E-state index contributed by atoms with van der Waals surface area (Å²) >= 11 is 0. The summed E-state index contributed by atoms with van der Waals surface area (Å²) in [5, 5.41) is 41.4. The number of amides is 6. The van der Waals surface area contributed by atoms with Crippen molar-refractivity contribution in [3.63, 3.8) is 0 Å². The standard InChI is InChI=1S/C32H46N8O11/c1-4-15(2)26(40-29(47)21(12-25(43)44)37-27(45)16(3)33)31(49)39-23(14-41)30(48)36-20(9-10-24(34)42)28(46)38-22(32(50)51)11-17-13-35-19-8-6-5-7-18(17)19/h5-8,13,15-16,20-23,26,35,41H,4,9-12,14,33H2,1-3H3,(H2,34,42)(H,36,48)(H,37,45)(H,38,46)(H,39,49)(H,40,47)(H,43,44)(H,50,51). The molecule has 0 fully saturated rings. The quantitative estimate of drug-likeness (QED) is 0.0630. The van der Waals surface area contributed by atoms with Crippen LogP contribution in [0.25, 0.3) is 10.9 Å². The number of nitrogens with one attached hydrogen (secondary N) is 6. The van der Waals surface area contributed by atoms with Crippen LogP contribution in [-0.4, -0.2) is 111 Å². The lowest BCUT2D eigenvalue weighted by atomic mass is 9.97. The molecule has 19 nitrogen and oxygen atoms in total. The van der Waals surface area contributed by atoms with Crippen LogP contribution in [0.2, 0.25) is 0 Å². The average Bonchev–Trinajstić information content (AvgIpc) is 3.48. The minimum Gasteiger partial charge on any atom is -0.481 e. The van der Waals surface area contributed by atoms with E-state index in [0.29, 0.717) is 12.0 Å². The van der Waals surface area contributed by atoms with Crippen molar-refractivity contribution >= 4 is 58.3 Å². The predicted molar refractivity (Wildman–Crippen MR) is 180 cm³/mol. The van der Waals surface area contributed by atoms with E-state index < -0.39 is 109 Å². The number of nitrogens with two attached hydrogens (primary N) is 2. The first-order valence-electron chi connectivity index (χ1n) is 16.1. The first-order valence-corrected chi connectivity index (χ1v) is 16.1. The number of para-hydroxylation sites is 1. The second kappa shape index (κ2) is 19.6. The molecule has 0 saturated heterocycles. The highest BCUT2D eigenvalue weighted by Gasteiger charge is 2.35. The van der Waals surface area contributed by atoms with E-state index in [0.717, 1.165) is 10.9 Å². The number of carboxylic acid groups (broad SMARTS) is 2. The Kier molecular flexibility index (Phi) is 16.0. The maximum Gasteiger partial charge on any atom is 0.326 e. The fourth-order valence-electron chi connectivity index (χ4n) is 4.92. The number of primary amides is 1. The molecule has 1 aromatic heterocycles. The van der Waals surface area contributed by atoms with Crippen LogP contribution < -0.4 is 38.1 Å². The van der Waals surface area contributed by atoms with Gasteiger partial charge in [0.2, 0.25) is 35.4 Å². The number of benzene rings is 1. The van der Waals surface area contributed by atoms with Gasteiger partial charge in [-0.15, -0.1) is 0 Å². The van der Waals surface area contributed by atoms with Crippen LogP contribution in [0, 0.1) is 5.92 Å². The second-order valence-electron chi connectivity index (χ2n) is 12.1. The van der Waals surface area contributed by atoms with E-state index in [2.05, 4.69) is 31.6 Å². The Bertz CT molecular complexity index is 1590. The molecular weight excluding hydrogens is 672 g/mol. The van der Waals surface area contributed by atoms with Gasteiger partial charge in [-0.25, -0.2) is 4.79 Å². The second-order valence-corrected chi connectivity index (χ2v) is 12.1. The first kappa shape index (κ1) is 41.6. The lowest BCUT2D eigenvalue weighted by Gasteiger charge is -2.28. The van der Waals surface area contributed by atoms with Crippen molar-refractivity contribution in [3.8, 4) is 0 Å². The lowest BCUT2D eigenvalue weighted by Crippen LogP contribution is -2.61. The fraction of sp³-hybridized carbons (Fsp3) is 0.500. The normalized spacial score (nSPS) is 15.2. The zero-order valence-corrected chi connectivity index (χ0v) is 28.4. The summed E-state index contributed by atoms with van der Waals surface area (Å²) in [6.07, 6.45) is 0.187. The largest absolute Gasteiger partial charge is 0.481 e. The molecule has 13 N–H and O–H groups in total. The van der Waals surface area contributed by atoms with E-state index in [9.17, 15) is 53.7 Å². The number of hydrogen-bond acceptors (Lipinski definition) is 10. The molecule has 0 aliphatic rings. The number of hydrogen-bond donors (Lipinski definition) is 11. The predicted octanol–water partition coefficient (Wildman–Crippen LogP) is -2.66. The maximum atomic E-state index is 13.4. The van der Waals surface area contributed by atoms with Crippen LogP contribution in [0.15, 0.2) is 30.5 Å². The summed E-state index contributed by atoms with van der Waals surface area (Å²) in [4.78, 5) is 103. The number of fused-ring (bicyclic) bond motifs is 1. The molecule has 0 aliphatic carbocycles. The van der Waals surface area contributed by atoms with Crippen LogP contribution in [0.4, 0.5) is 0 Å². The number of rotatable bonds is 21. The van der Waals surface area contributed by atoms with Gasteiger partial charge in [-0.3, -0.25) is 33.6 Å². The van der Waals surface area contributed by atoms with Crippen molar-refractivity contribution in [1.82, 2.24) is 31.6 Å². The molecule has 7 unspecified atom stereocenters. The molecule has 1 heterocycles. The Morgan fingerprint density at radius 3 is 1.92 bits per heavy atom. The molecule has 2 rings (SSSR count). The number of aromatic nitrogens is 1. The third-order valence-electron chi connectivity index (χ3n) is 8.06. The van der Waals surface area contributed by atoms with Crippen molar-refractivity contribution in [3.05, 3.63) is 36.0 Å². The molecule has 7 atom stereocenters. The van der Waals surface area contributed by atoms with Gasteiger partial charge in [0.05, 0.1) is 19.1 Å². The van der Waals surface area contributed by atoms with Gasteiger partial charge in [-0.05, 0) is 30.9 Å². The number of H-pyrrole nitrogens is 1. The Morgan fingerprint density at radius 1 is 0.784 bits per heavy atom. The van der Waals surface area contributed by atoms with Crippen molar-refractivity contribution < 1.29 is 53.7 Å². The third-order valence-corrected chi connectivity index (χ3v) is 8.06. The smallest absolute Gasteiger partial charge is 0.326 e. The van der Waals surface area contributed by atoms with E-state index in [4.69, 9.17) is 11.5 Å². The van der Waals surface area contributed by atoms with Crippen molar-refractivity contribution in [1.29, 1.82) is 0 Å². The van der Waals surface area contributed by atoms with Crippen LogP contribution in [0.3, 0.4) is 0 Å². The van der Waals surface area contributed by atoms with Crippen LogP contribution >= 0.6 is 0 Å². The van der Waals surface area contributed by atoms with Crippen LogP contribution in [0.5, 0.6) is 0 Å². The minimum atomic E-state index is -1.71. The van der Waals surface area contributed by atoms with Crippen molar-refractivity contribution in [2.45, 2.75) is 89.1 Å². The van der Waals surface area contributed by atoms with Gasteiger partial charge in [0.15, 0.2) is 0 Å². The fourth-order valence-corrected chi connectivity index (χ4v) is 4.92. The number of carbonyl (C=O) groups is 8. The summed E-state index contributed by atoms with van der Waals surface area (Å²) in [6.45, 7) is 3.58. The average molecular weight is 719 g/mol. The molecule has 0 radical (unpaired) electrons. The van der Waals surface area contributed by atoms with Gasteiger partial charge in [0.25, 0.3) is 0 Å². The Morgan fingerprint density at radius 2 is 1.35 bits per heavy atom. The number of aromatic amines is 1. The topological polar surface area (TPSA) is 325 Å². The van der Waals surface area contributed by atoms with Crippen molar-refractivity contribution in [2.24, 2.45) is 17.4 Å². The van der Waals surface area contributed by atoms with E-state index >= 15 is 0 Å². The minimum absolute atomic E-state index is 0.137. The summed E-state index contributed by atoms with van der Waals surface area (Å²) in [5.74, 6) is -9.13. The third kappa shape index (κ3) is 12.7. The highest BCUT2D eigenvalue weighted by atomic mass is 16.4. The van der Waals surface area contributed by atoms with E-state index in [1.54, 1.807) is 44.3 Å². The SMILES string of the molecule is CCC(C)C(NC(=O)C(CC(=O)O)NC(=O)C(C)N)C(=O)NC(CO)C(=O)NC(CCC(N)=O)C(=O)NC(Cc1c[nH]c2ccccc12)C(=O)O. The molecule has 2 aromatic rings. The summed E-state index contributed by atoms with van der Waals surface area (Å²) in [6, 6.07) is -1.65. The van der Waals surface area contributed by atoms with E-state index in [-0.39, 0.29) is 12.8 Å². The Balaban J connectivity index is 2.23. The molecule has 6 amide bonds. The van der Waals surface area contributed by atoms with Gasteiger partial charge in [-0.2, -0.15) is 0 Å². The van der Waals surface area contributed by atoms with Gasteiger partial charge in [0, 0.05) is 29.9 Å². The number of carbonyl (C=O) groups excluding carboxylic acids is 6. The number of carboxylic acids is 2. The first-order chi connectivity index (χ1) is 24.0. The maximum absolute atomic E-state index is 13.4. The highest BCUT2D eigenvalue weighted by molar-refractivity contribution is 5.97. The monoisotopic (exact) mass is 718 g/mol. The van der Waals surface area contributed by atoms with Gasteiger partial charge in [0.1, 0.15) is 30.2 Å². The summed E-state index contributed by atoms with van der Waals surface area (Å²) in [5.41, 5.74) is 12.1. The lowest BCUT2D eigenvalue weighted by molar-refractivity contribution is -0.142. The molecule has 0 saturated carbocycles. The van der Waals surface area contributed by atoms with Gasteiger partial charge >= 0.3 is 11.9 Å². The molecule has 0 bridgehead atoms.